The highest BCUT2D eigenvalue weighted by Crippen LogP contribution is 2.37. The molecule has 0 saturated heterocycles. The Bertz CT molecular complexity index is 569. The summed E-state index contributed by atoms with van der Waals surface area (Å²) in [5.74, 6) is -0.158. The SMILES string of the molecule is C=C(C)C(=O)OCC1CCC(Sc2n[nH]c(=S)s2)C(O)C1. The molecule has 0 amide bonds. The van der Waals surface area contributed by atoms with Crippen LogP contribution in [0.5, 0.6) is 0 Å². The summed E-state index contributed by atoms with van der Waals surface area (Å²) < 4.78 is 6.67. The second-order valence-corrected chi connectivity index (χ2v) is 8.31. The molecule has 2 N–H and O–H groups in total. The smallest absolute Gasteiger partial charge is 0.333 e. The van der Waals surface area contributed by atoms with E-state index in [-0.39, 0.29) is 17.1 Å². The Morgan fingerprint density at radius 2 is 2.43 bits per heavy atom. The molecular formula is C13H18N2O3S3. The lowest BCUT2D eigenvalue weighted by molar-refractivity contribution is -0.141. The number of esters is 1. The molecule has 1 fully saturated rings. The quantitative estimate of drug-likeness (QED) is 0.485. The van der Waals surface area contributed by atoms with Gasteiger partial charge in [0.05, 0.1) is 12.7 Å². The van der Waals surface area contributed by atoms with E-state index in [9.17, 15) is 9.90 Å². The van der Waals surface area contributed by atoms with E-state index < -0.39 is 6.10 Å². The molecule has 1 aromatic heterocycles. The first-order valence-corrected chi connectivity index (χ1v) is 8.79. The maximum absolute atomic E-state index is 11.4. The normalized spacial score (nSPS) is 25.5. The van der Waals surface area contributed by atoms with Gasteiger partial charge in [0.1, 0.15) is 0 Å². The molecule has 0 bridgehead atoms. The number of H-pyrrole nitrogens is 1. The number of ether oxygens (including phenoxy) is 1. The fraction of sp³-hybridized carbons (Fsp3) is 0.615. The molecule has 1 saturated carbocycles. The van der Waals surface area contributed by atoms with E-state index in [1.165, 1.54) is 11.3 Å². The lowest BCUT2D eigenvalue weighted by atomic mass is 9.87. The van der Waals surface area contributed by atoms with Crippen molar-refractivity contribution in [2.24, 2.45) is 5.92 Å². The molecule has 116 valence electrons. The van der Waals surface area contributed by atoms with Gasteiger partial charge in [0.2, 0.25) is 0 Å². The fourth-order valence-electron chi connectivity index (χ4n) is 2.21. The molecule has 5 nitrogen and oxygen atoms in total. The van der Waals surface area contributed by atoms with Crippen molar-refractivity contribution in [1.82, 2.24) is 10.2 Å². The predicted octanol–water partition coefficient (Wildman–Crippen LogP) is 2.94. The molecule has 0 radical (unpaired) electrons. The number of aromatic amines is 1. The Morgan fingerprint density at radius 1 is 1.67 bits per heavy atom. The van der Waals surface area contributed by atoms with Gasteiger partial charge in [-0.2, -0.15) is 5.10 Å². The van der Waals surface area contributed by atoms with Gasteiger partial charge in [0.25, 0.3) is 0 Å². The summed E-state index contributed by atoms with van der Waals surface area (Å²) in [5, 5.41) is 17.2. The summed E-state index contributed by atoms with van der Waals surface area (Å²) in [6.07, 6.45) is 2.01. The third-order valence-electron chi connectivity index (χ3n) is 3.33. The van der Waals surface area contributed by atoms with E-state index in [1.54, 1.807) is 18.7 Å². The van der Waals surface area contributed by atoms with Crippen molar-refractivity contribution in [2.75, 3.05) is 6.61 Å². The lowest BCUT2D eigenvalue weighted by Crippen LogP contribution is -2.33. The molecule has 0 aromatic carbocycles. The molecule has 21 heavy (non-hydrogen) atoms. The number of aromatic nitrogens is 2. The highest BCUT2D eigenvalue weighted by atomic mass is 32.2. The second kappa shape index (κ2) is 7.53. The Hall–Kier alpha value is -0.700. The first kappa shape index (κ1) is 16.7. The van der Waals surface area contributed by atoms with Crippen LogP contribution >= 0.6 is 35.3 Å². The van der Waals surface area contributed by atoms with Crippen LogP contribution in [0.15, 0.2) is 16.5 Å². The van der Waals surface area contributed by atoms with E-state index in [0.29, 0.717) is 22.6 Å². The first-order valence-electron chi connectivity index (χ1n) is 6.68. The average Bonchev–Trinajstić information content (AvgIpc) is 2.84. The van der Waals surface area contributed by atoms with Gasteiger partial charge in [-0.05, 0) is 44.3 Å². The molecular weight excluding hydrogens is 328 g/mol. The molecule has 1 aliphatic rings. The Morgan fingerprint density at radius 3 is 3.00 bits per heavy atom. The molecule has 1 aromatic rings. The number of nitrogens with one attached hydrogen (secondary N) is 1. The number of thioether (sulfide) groups is 1. The van der Waals surface area contributed by atoms with Crippen LogP contribution in [-0.4, -0.2) is 39.2 Å². The summed E-state index contributed by atoms with van der Waals surface area (Å²) in [7, 11) is 0. The van der Waals surface area contributed by atoms with E-state index in [4.69, 9.17) is 17.0 Å². The van der Waals surface area contributed by atoms with Crippen LogP contribution in [0.1, 0.15) is 26.2 Å². The summed E-state index contributed by atoms with van der Waals surface area (Å²) in [5.41, 5.74) is 0.402. The highest BCUT2D eigenvalue weighted by Gasteiger charge is 2.31. The zero-order valence-electron chi connectivity index (χ0n) is 11.7. The summed E-state index contributed by atoms with van der Waals surface area (Å²) in [6, 6.07) is 0. The van der Waals surface area contributed by atoms with Gasteiger partial charge >= 0.3 is 5.97 Å². The molecule has 3 atom stereocenters. The van der Waals surface area contributed by atoms with Gasteiger partial charge in [-0.1, -0.05) is 29.7 Å². The summed E-state index contributed by atoms with van der Waals surface area (Å²) in [4.78, 5) is 11.4. The first-order chi connectivity index (χ1) is 9.95. The Labute approximate surface area is 136 Å². The third-order valence-corrected chi connectivity index (χ3v) is 5.90. The number of carbonyl (C=O) groups is 1. The van der Waals surface area contributed by atoms with Crippen LogP contribution in [0.3, 0.4) is 0 Å². The zero-order chi connectivity index (χ0) is 15.4. The van der Waals surface area contributed by atoms with E-state index >= 15 is 0 Å². The van der Waals surface area contributed by atoms with Crippen LogP contribution in [0, 0.1) is 9.87 Å². The van der Waals surface area contributed by atoms with Crippen LogP contribution < -0.4 is 0 Å². The minimum Gasteiger partial charge on any atom is -0.462 e. The van der Waals surface area contributed by atoms with Crippen molar-refractivity contribution in [3.8, 4) is 0 Å². The Balaban J connectivity index is 1.80. The zero-order valence-corrected chi connectivity index (χ0v) is 14.2. The number of aliphatic hydroxyl groups excluding tert-OH is 1. The van der Waals surface area contributed by atoms with E-state index in [0.717, 1.165) is 17.2 Å². The van der Waals surface area contributed by atoms with E-state index in [2.05, 4.69) is 16.8 Å². The highest BCUT2D eigenvalue weighted by molar-refractivity contribution is 8.01. The molecule has 0 spiro atoms. The van der Waals surface area contributed by atoms with Crippen molar-refractivity contribution < 1.29 is 14.6 Å². The Kier molecular flexibility index (Phi) is 5.98. The number of carbonyl (C=O) groups excluding carboxylic acids is 1. The molecule has 8 heteroatoms. The summed E-state index contributed by atoms with van der Waals surface area (Å²) in [6.45, 7) is 5.53. The number of hydrogen-bond acceptors (Lipinski definition) is 7. The molecule has 0 aliphatic heterocycles. The number of hydrogen-bond donors (Lipinski definition) is 2. The van der Waals surface area contributed by atoms with Crippen molar-refractivity contribution in [3.05, 3.63) is 16.1 Å². The van der Waals surface area contributed by atoms with Gasteiger partial charge in [0.15, 0.2) is 8.29 Å². The van der Waals surface area contributed by atoms with Crippen molar-refractivity contribution >= 4 is 41.3 Å². The van der Waals surface area contributed by atoms with Crippen molar-refractivity contribution in [2.45, 2.75) is 41.9 Å². The maximum Gasteiger partial charge on any atom is 0.333 e. The maximum atomic E-state index is 11.4. The van der Waals surface area contributed by atoms with Crippen molar-refractivity contribution in [3.63, 3.8) is 0 Å². The number of aliphatic hydroxyl groups is 1. The number of nitrogens with zero attached hydrogens (tertiary/aromatic N) is 1. The van der Waals surface area contributed by atoms with Gasteiger partial charge in [0, 0.05) is 10.8 Å². The lowest BCUT2D eigenvalue weighted by Gasteiger charge is -2.31. The van der Waals surface area contributed by atoms with Gasteiger partial charge < -0.3 is 9.84 Å². The largest absolute Gasteiger partial charge is 0.462 e. The molecule has 1 heterocycles. The molecule has 1 aliphatic carbocycles. The van der Waals surface area contributed by atoms with Gasteiger partial charge in [-0.3, -0.25) is 5.10 Å². The molecule has 2 rings (SSSR count). The van der Waals surface area contributed by atoms with Gasteiger partial charge in [-0.15, -0.1) is 0 Å². The predicted molar refractivity (Wildman–Crippen MR) is 86.1 cm³/mol. The minimum absolute atomic E-state index is 0.118. The van der Waals surface area contributed by atoms with Crippen LogP contribution in [0.4, 0.5) is 0 Å². The minimum atomic E-state index is -0.422. The third kappa shape index (κ3) is 4.91. The van der Waals surface area contributed by atoms with Crippen molar-refractivity contribution in [1.29, 1.82) is 0 Å². The van der Waals surface area contributed by atoms with Crippen LogP contribution in [0.25, 0.3) is 0 Å². The van der Waals surface area contributed by atoms with Crippen LogP contribution in [-0.2, 0) is 9.53 Å². The number of rotatable bonds is 5. The standard InChI is InChI=1S/C13H18N2O3S3/c1-7(2)11(17)18-6-8-3-4-10(9(16)5-8)20-13-15-14-12(19)21-13/h8-10,16H,1,3-6H2,2H3,(H,14,19). The average molecular weight is 346 g/mol. The molecule has 3 unspecified atom stereocenters. The summed E-state index contributed by atoms with van der Waals surface area (Å²) >= 11 is 7.98. The van der Waals surface area contributed by atoms with Gasteiger partial charge in [-0.25, -0.2) is 4.79 Å². The fourth-order valence-corrected chi connectivity index (χ4v) is 4.68. The monoisotopic (exact) mass is 346 g/mol. The second-order valence-electron chi connectivity index (χ2n) is 5.16. The van der Waals surface area contributed by atoms with Crippen LogP contribution in [0.2, 0.25) is 0 Å². The topological polar surface area (TPSA) is 75.2 Å². The van der Waals surface area contributed by atoms with E-state index in [1.807, 2.05) is 0 Å².